The highest BCUT2D eigenvalue weighted by Gasteiger charge is 2.65. The Hall–Kier alpha value is -3.42. The molecular weight excluding hydrogens is 445 g/mol. The molecule has 0 bridgehead atoms. The van der Waals surface area contributed by atoms with Crippen LogP contribution in [0.15, 0.2) is 54.7 Å². The molecule has 0 aliphatic carbocycles. The van der Waals surface area contributed by atoms with Crippen LogP contribution in [0.1, 0.15) is 43.5 Å². The molecule has 2 aromatic carbocycles. The average Bonchev–Trinajstić information content (AvgIpc) is 3.24. The van der Waals surface area contributed by atoms with Crippen molar-refractivity contribution >= 4 is 29.4 Å². The number of amides is 2. The molecular formula is C26H23F3N2O3. The summed E-state index contributed by atoms with van der Waals surface area (Å²) in [6.07, 6.45) is -1.18. The largest absolute Gasteiger partial charge is 0.418 e. The minimum Gasteiger partial charge on any atom is -0.359 e. The zero-order valence-corrected chi connectivity index (χ0v) is 18.8. The SMILES string of the molecule is CC(C)(C)C(=O)[C@H]1[C@H]2C(=O)N(c3ccccc3C(F)(F)F)C(=O)[C@@H]2[C@H]2c3ccccc3C=CN21. The van der Waals surface area contributed by atoms with Crippen LogP contribution in [-0.2, 0) is 20.6 Å². The highest BCUT2D eigenvalue weighted by Crippen LogP contribution is 2.55. The van der Waals surface area contributed by atoms with E-state index in [0.717, 1.165) is 23.3 Å². The van der Waals surface area contributed by atoms with Gasteiger partial charge in [0.2, 0.25) is 11.8 Å². The summed E-state index contributed by atoms with van der Waals surface area (Å²) in [5.74, 6) is -3.77. The monoisotopic (exact) mass is 468 g/mol. The van der Waals surface area contributed by atoms with Crippen molar-refractivity contribution < 1.29 is 27.6 Å². The van der Waals surface area contributed by atoms with Gasteiger partial charge in [-0.25, -0.2) is 4.90 Å². The molecule has 5 rings (SSSR count). The lowest BCUT2D eigenvalue weighted by molar-refractivity contribution is -0.138. The maximum absolute atomic E-state index is 13.8. The number of para-hydroxylation sites is 1. The molecule has 0 unspecified atom stereocenters. The van der Waals surface area contributed by atoms with Gasteiger partial charge in [0.1, 0.15) is 6.04 Å². The smallest absolute Gasteiger partial charge is 0.359 e. The zero-order chi connectivity index (χ0) is 24.6. The fourth-order valence-electron chi connectivity index (χ4n) is 5.45. The molecule has 0 N–H and O–H groups in total. The molecule has 3 aliphatic heterocycles. The fourth-order valence-corrected chi connectivity index (χ4v) is 5.45. The summed E-state index contributed by atoms with van der Waals surface area (Å²) >= 11 is 0. The van der Waals surface area contributed by atoms with Crippen LogP contribution < -0.4 is 4.90 Å². The van der Waals surface area contributed by atoms with Crippen molar-refractivity contribution in [2.24, 2.45) is 17.3 Å². The Morgan fingerprint density at radius 1 is 0.882 bits per heavy atom. The van der Waals surface area contributed by atoms with E-state index in [2.05, 4.69) is 0 Å². The number of imide groups is 1. The van der Waals surface area contributed by atoms with Crippen LogP contribution in [0.5, 0.6) is 0 Å². The van der Waals surface area contributed by atoms with Crippen molar-refractivity contribution in [1.29, 1.82) is 0 Å². The number of nitrogens with zero attached hydrogens (tertiary/aromatic N) is 2. The second-order valence-corrected chi connectivity index (χ2v) is 9.97. The van der Waals surface area contributed by atoms with E-state index in [1.54, 1.807) is 31.9 Å². The fraction of sp³-hybridized carbons (Fsp3) is 0.346. The molecule has 176 valence electrons. The maximum atomic E-state index is 13.8. The van der Waals surface area contributed by atoms with E-state index >= 15 is 0 Å². The molecule has 2 saturated heterocycles. The summed E-state index contributed by atoms with van der Waals surface area (Å²) < 4.78 is 41.3. The van der Waals surface area contributed by atoms with E-state index < -0.39 is 58.6 Å². The van der Waals surface area contributed by atoms with Gasteiger partial charge in [0.25, 0.3) is 0 Å². The van der Waals surface area contributed by atoms with E-state index in [1.807, 2.05) is 30.3 Å². The van der Waals surface area contributed by atoms with Gasteiger partial charge in [-0.1, -0.05) is 57.2 Å². The average molecular weight is 468 g/mol. The Labute approximate surface area is 194 Å². The molecule has 2 aromatic rings. The number of halogens is 3. The first-order chi connectivity index (χ1) is 15.9. The van der Waals surface area contributed by atoms with E-state index in [1.165, 1.54) is 12.1 Å². The summed E-state index contributed by atoms with van der Waals surface area (Å²) in [7, 11) is 0. The van der Waals surface area contributed by atoms with Gasteiger partial charge in [0.05, 0.1) is 29.1 Å². The standard InChI is InChI=1S/C26H23F3N2O3/c1-25(2,3)22(32)21-19-18(20-15-9-5-4-8-14(15)12-13-30(20)21)23(33)31(24(19)34)17-11-7-6-10-16(17)26(27,28)29/h4-13,18-21H,1-3H3/t18-,19-,20+,21+/m0/s1. The molecule has 3 aliphatic rings. The number of hydrogen-bond acceptors (Lipinski definition) is 4. The number of rotatable bonds is 2. The van der Waals surface area contributed by atoms with Crippen molar-refractivity contribution in [2.75, 3.05) is 4.90 Å². The van der Waals surface area contributed by atoms with Gasteiger partial charge in [-0.3, -0.25) is 14.4 Å². The lowest BCUT2D eigenvalue weighted by Crippen LogP contribution is -2.48. The summed E-state index contributed by atoms with van der Waals surface area (Å²) in [4.78, 5) is 43.4. The predicted molar refractivity (Wildman–Crippen MR) is 119 cm³/mol. The molecule has 4 atom stereocenters. The Morgan fingerprint density at radius 3 is 2.18 bits per heavy atom. The van der Waals surface area contributed by atoms with Crippen LogP contribution in [-0.4, -0.2) is 28.5 Å². The summed E-state index contributed by atoms with van der Waals surface area (Å²) in [5.41, 5.74) is -0.754. The topological polar surface area (TPSA) is 57.7 Å². The van der Waals surface area contributed by atoms with E-state index in [0.29, 0.717) is 4.90 Å². The highest BCUT2D eigenvalue weighted by molar-refractivity contribution is 6.24. The molecule has 0 radical (unpaired) electrons. The number of benzene rings is 2. The van der Waals surface area contributed by atoms with Crippen molar-refractivity contribution in [3.05, 3.63) is 71.4 Å². The minimum absolute atomic E-state index is 0.235. The van der Waals surface area contributed by atoms with Crippen LogP contribution >= 0.6 is 0 Å². The number of ketones is 1. The molecule has 8 heteroatoms. The summed E-state index contributed by atoms with van der Waals surface area (Å²) in [6, 6.07) is 10.3. The number of alkyl halides is 3. The van der Waals surface area contributed by atoms with Crippen LogP contribution in [0, 0.1) is 17.3 Å². The van der Waals surface area contributed by atoms with Crippen LogP contribution in [0.4, 0.5) is 18.9 Å². The zero-order valence-electron chi connectivity index (χ0n) is 18.8. The summed E-state index contributed by atoms with van der Waals surface area (Å²) in [6.45, 7) is 5.20. The van der Waals surface area contributed by atoms with Gasteiger partial charge in [-0.2, -0.15) is 13.2 Å². The van der Waals surface area contributed by atoms with Crippen molar-refractivity contribution in [3.8, 4) is 0 Å². The molecule has 34 heavy (non-hydrogen) atoms. The third-order valence-corrected chi connectivity index (χ3v) is 6.92. The number of carbonyl (C=O) groups excluding carboxylic acids is 3. The lowest BCUT2D eigenvalue weighted by atomic mass is 9.79. The number of carbonyl (C=O) groups is 3. The molecule has 2 amide bonds. The molecule has 2 fully saturated rings. The van der Waals surface area contributed by atoms with Crippen LogP contribution in [0.25, 0.3) is 6.08 Å². The first-order valence-corrected chi connectivity index (χ1v) is 11.1. The molecule has 0 aromatic heterocycles. The van der Waals surface area contributed by atoms with Crippen LogP contribution in [0.3, 0.4) is 0 Å². The van der Waals surface area contributed by atoms with E-state index in [9.17, 15) is 27.6 Å². The second-order valence-electron chi connectivity index (χ2n) is 9.97. The van der Waals surface area contributed by atoms with Crippen LogP contribution in [0.2, 0.25) is 0 Å². The first kappa shape index (κ1) is 22.4. The minimum atomic E-state index is -4.75. The number of hydrogen-bond donors (Lipinski definition) is 0. The van der Waals surface area contributed by atoms with Gasteiger partial charge >= 0.3 is 6.18 Å². The Bertz CT molecular complexity index is 1240. The Morgan fingerprint density at radius 2 is 1.50 bits per heavy atom. The molecule has 0 spiro atoms. The normalized spacial score (nSPS) is 25.9. The van der Waals surface area contributed by atoms with E-state index in [-0.39, 0.29) is 5.78 Å². The van der Waals surface area contributed by atoms with Gasteiger partial charge in [0, 0.05) is 11.6 Å². The summed E-state index contributed by atoms with van der Waals surface area (Å²) in [5, 5.41) is 0. The van der Waals surface area contributed by atoms with Gasteiger partial charge in [-0.05, 0) is 29.3 Å². The lowest BCUT2D eigenvalue weighted by Gasteiger charge is -2.37. The Kier molecular flexibility index (Phi) is 4.80. The first-order valence-electron chi connectivity index (χ1n) is 11.1. The van der Waals surface area contributed by atoms with Crippen molar-refractivity contribution in [3.63, 3.8) is 0 Å². The molecule has 5 nitrogen and oxygen atoms in total. The quantitative estimate of drug-likeness (QED) is 0.592. The van der Waals surface area contributed by atoms with E-state index in [4.69, 9.17) is 0 Å². The number of Topliss-reactive ketones (excluding diaryl/α,β-unsaturated/α-hetero) is 1. The molecule has 3 heterocycles. The Balaban J connectivity index is 1.69. The maximum Gasteiger partial charge on any atom is 0.418 e. The van der Waals surface area contributed by atoms with Gasteiger partial charge < -0.3 is 4.90 Å². The highest BCUT2D eigenvalue weighted by atomic mass is 19.4. The third-order valence-electron chi connectivity index (χ3n) is 6.92. The second kappa shape index (κ2) is 7.29. The van der Waals surface area contributed by atoms with Gasteiger partial charge in [-0.15, -0.1) is 0 Å². The number of anilines is 1. The van der Waals surface area contributed by atoms with Gasteiger partial charge in [0.15, 0.2) is 5.78 Å². The van der Waals surface area contributed by atoms with Crippen molar-refractivity contribution in [1.82, 2.24) is 4.90 Å². The number of fused-ring (bicyclic) bond motifs is 5. The third kappa shape index (κ3) is 3.11. The van der Waals surface area contributed by atoms with Crippen molar-refractivity contribution in [2.45, 2.75) is 39.0 Å². The molecule has 0 saturated carbocycles. The predicted octanol–water partition coefficient (Wildman–Crippen LogP) is 4.84.